The van der Waals surface area contributed by atoms with Crippen LogP contribution in [0.2, 0.25) is 0 Å². The minimum Gasteiger partial charge on any atom is -0.496 e. The monoisotopic (exact) mass is 460 g/mol. The number of benzene rings is 3. The van der Waals surface area contributed by atoms with Crippen LogP contribution in [0.25, 0.3) is 0 Å². The quantitative estimate of drug-likeness (QED) is 0.551. The lowest BCUT2D eigenvalue weighted by molar-refractivity contribution is -0.118. The van der Waals surface area contributed by atoms with E-state index in [1.165, 1.54) is 0 Å². The number of amides is 1. The molecule has 170 valence electrons. The van der Waals surface area contributed by atoms with Gasteiger partial charge in [-0.25, -0.2) is 4.99 Å². The molecule has 33 heavy (non-hydrogen) atoms. The average molecular weight is 461 g/mol. The summed E-state index contributed by atoms with van der Waals surface area (Å²) in [6.07, 6.45) is 0.0944. The SMILES string of the molecule is CCc1cc(NC2N=C(c3ccccc3)c3ccccc3N(C)C2=O)ccc1OC.NC=S. The Hall–Kier alpha value is -3.71. The summed E-state index contributed by atoms with van der Waals surface area (Å²) in [5, 5.41) is 3.33. The van der Waals surface area contributed by atoms with E-state index in [1.54, 1.807) is 19.1 Å². The zero-order chi connectivity index (χ0) is 23.8. The molecule has 7 heteroatoms. The van der Waals surface area contributed by atoms with Gasteiger partial charge < -0.3 is 20.7 Å². The molecule has 3 N–H and O–H groups in total. The van der Waals surface area contributed by atoms with Crippen LogP contribution in [0.3, 0.4) is 0 Å². The predicted octanol–water partition coefficient (Wildman–Crippen LogP) is 4.41. The number of methoxy groups -OCH3 is 1. The van der Waals surface area contributed by atoms with Crippen molar-refractivity contribution in [1.82, 2.24) is 0 Å². The molecule has 6 nitrogen and oxygen atoms in total. The van der Waals surface area contributed by atoms with E-state index >= 15 is 0 Å². The highest BCUT2D eigenvalue weighted by atomic mass is 32.1. The van der Waals surface area contributed by atoms with Crippen molar-refractivity contribution in [3.05, 3.63) is 89.5 Å². The molecule has 0 aliphatic carbocycles. The third-order valence-corrected chi connectivity index (χ3v) is 5.36. The number of hydrogen-bond acceptors (Lipinski definition) is 5. The van der Waals surface area contributed by atoms with Crippen LogP contribution in [0.5, 0.6) is 5.75 Å². The number of rotatable bonds is 5. The van der Waals surface area contributed by atoms with E-state index in [9.17, 15) is 4.79 Å². The van der Waals surface area contributed by atoms with Gasteiger partial charge >= 0.3 is 0 Å². The van der Waals surface area contributed by atoms with Crippen LogP contribution in [0.15, 0.2) is 77.8 Å². The van der Waals surface area contributed by atoms with Gasteiger partial charge in [0.15, 0.2) is 6.17 Å². The fraction of sp³-hybridized carbons (Fsp3) is 0.192. The molecule has 0 aromatic heterocycles. The number of carbonyl (C=O) groups is 1. The fourth-order valence-electron chi connectivity index (χ4n) is 3.74. The van der Waals surface area contributed by atoms with Gasteiger partial charge in [0, 0.05) is 23.9 Å². The minimum atomic E-state index is -0.740. The molecule has 0 fully saturated rings. The van der Waals surface area contributed by atoms with Gasteiger partial charge in [-0.05, 0) is 36.2 Å². The zero-order valence-corrected chi connectivity index (χ0v) is 19.8. The fourth-order valence-corrected chi connectivity index (χ4v) is 3.74. The molecule has 0 spiro atoms. The second-order valence-corrected chi connectivity index (χ2v) is 7.59. The van der Waals surface area contributed by atoms with Crippen LogP contribution in [-0.2, 0) is 11.2 Å². The molecule has 3 aromatic rings. The lowest BCUT2D eigenvalue weighted by atomic mass is 10.0. The summed E-state index contributed by atoms with van der Waals surface area (Å²) >= 11 is 4.05. The van der Waals surface area contributed by atoms with Crippen LogP contribution < -0.4 is 20.7 Å². The lowest BCUT2D eigenvalue weighted by Crippen LogP contribution is -2.39. The number of aliphatic imine (C=N–C) groups is 1. The number of nitrogens with two attached hydrogens (primary N) is 1. The van der Waals surface area contributed by atoms with Gasteiger partial charge in [0.2, 0.25) is 0 Å². The number of nitrogens with zero attached hydrogens (tertiary/aromatic N) is 2. The zero-order valence-electron chi connectivity index (χ0n) is 19.0. The topological polar surface area (TPSA) is 80.0 Å². The molecule has 1 atom stereocenters. The minimum absolute atomic E-state index is 0.109. The number of likely N-dealkylation sites (N-methyl/N-ethyl adjacent to an activating group) is 1. The van der Waals surface area contributed by atoms with Gasteiger partial charge in [0.25, 0.3) is 5.91 Å². The third-order valence-electron chi connectivity index (χ3n) is 5.36. The smallest absolute Gasteiger partial charge is 0.271 e. The van der Waals surface area contributed by atoms with Crippen molar-refractivity contribution in [3.63, 3.8) is 0 Å². The summed E-state index contributed by atoms with van der Waals surface area (Å²) in [4.78, 5) is 19.9. The first-order valence-electron chi connectivity index (χ1n) is 10.6. The Bertz CT molecular complexity index is 1150. The highest BCUT2D eigenvalue weighted by molar-refractivity contribution is 7.78. The van der Waals surface area contributed by atoms with E-state index in [0.29, 0.717) is 0 Å². The molecule has 3 aromatic carbocycles. The molecule has 1 aliphatic heterocycles. The number of anilines is 2. The molecule has 1 amide bonds. The first-order chi connectivity index (χ1) is 16.0. The molecule has 0 saturated carbocycles. The van der Waals surface area contributed by atoms with Crippen molar-refractivity contribution in [3.8, 4) is 5.75 Å². The molecule has 0 bridgehead atoms. The second-order valence-electron chi connectivity index (χ2n) is 7.32. The molecule has 0 saturated heterocycles. The first kappa shape index (κ1) is 23.9. The van der Waals surface area contributed by atoms with Gasteiger partial charge in [0.05, 0.1) is 24.0 Å². The highest BCUT2D eigenvalue weighted by Gasteiger charge is 2.29. The van der Waals surface area contributed by atoms with Crippen molar-refractivity contribution in [2.75, 3.05) is 24.4 Å². The Labute approximate surface area is 200 Å². The summed E-state index contributed by atoms with van der Waals surface area (Å²) < 4.78 is 5.43. The van der Waals surface area contributed by atoms with Gasteiger partial charge in [-0.1, -0.05) is 67.7 Å². The number of benzodiazepines with no additional fused rings is 1. The van der Waals surface area contributed by atoms with Gasteiger partial charge in [-0.15, -0.1) is 0 Å². The summed E-state index contributed by atoms with van der Waals surface area (Å²) in [6.45, 7) is 2.08. The summed E-state index contributed by atoms with van der Waals surface area (Å²) in [5.74, 6) is 0.732. The molecule has 4 rings (SSSR count). The molecule has 0 radical (unpaired) electrons. The summed E-state index contributed by atoms with van der Waals surface area (Å²) in [5.41, 5.74) is 11.1. The van der Waals surface area contributed by atoms with E-state index in [1.807, 2.05) is 72.8 Å². The molecule has 1 aliphatic rings. The lowest BCUT2D eigenvalue weighted by Gasteiger charge is -2.21. The van der Waals surface area contributed by atoms with Crippen LogP contribution in [0.1, 0.15) is 23.6 Å². The highest BCUT2D eigenvalue weighted by Crippen LogP contribution is 2.29. The average Bonchev–Trinajstić information content (AvgIpc) is 2.95. The van der Waals surface area contributed by atoms with Gasteiger partial charge in [0.1, 0.15) is 5.75 Å². The third kappa shape index (κ3) is 5.38. The largest absolute Gasteiger partial charge is 0.496 e. The number of para-hydroxylation sites is 1. The number of ether oxygens (including phenoxy) is 1. The number of aryl methyl sites for hydroxylation is 1. The van der Waals surface area contributed by atoms with Crippen LogP contribution in [0, 0.1) is 0 Å². The Morgan fingerprint density at radius 1 is 1.12 bits per heavy atom. The van der Waals surface area contributed by atoms with Crippen molar-refractivity contribution in [2.45, 2.75) is 19.5 Å². The van der Waals surface area contributed by atoms with Crippen molar-refractivity contribution in [1.29, 1.82) is 0 Å². The number of carbonyl (C=O) groups excluding carboxylic acids is 1. The first-order valence-corrected chi connectivity index (χ1v) is 11.1. The van der Waals surface area contributed by atoms with E-state index in [4.69, 9.17) is 9.73 Å². The van der Waals surface area contributed by atoms with E-state index in [-0.39, 0.29) is 5.91 Å². The second kappa shape index (κ2) is 11.2. The molecular weight excluding hydrogens is 432 g/mol. The molecule has 1 heterocycles. The van der Waals surface area contributed by atoms with Gasteiger partial charge in [-0.2, -0.15) is 0 Å². The van der Waals surface area contributed by atoms with Crippen molar-refractivity contribution in [2.24, 2.45) is 10.7 Å². The Morgan fingerprint density at radius 2 is 1.79 bits per heavy atom. The van der Waals surface area contributed by atoms with Crippen LogP contribution in [0.4, 0.5) is 11.4 Å². The Balaban J connectivity index is 0.000000968. The number of fused-ring (bicyclic) bond motifs is 1. The van der Waals surface area contributed by atoms with Crippen molar-refractivity contribution >= 4 is 40.7 Å². The van der Waals surface area contributed by atoms with E-state index in [0.717, 1.165) is 51.4 Å². The van der Waals surface area contributed by atoms with Crippen LogP contribution >= 0.6 is 12.2 Å². The normalized spacial score (nSPS) is 14.8. The van der Waals surface area contributed by atoms with Crippen molar-refractivity contribution < 1.29 is 9.53 Å². The standard InChI is InChI=1S/C25H25N3O2.CH3NS/c1-4-17-16-19(14-15-22(17)30-3)26-24-25(29)28(2)21-13-9-8-12-20(21)23(27-24)18-10-6-5-7-11-18;2-1-3/h5-16,24,26H,4H2,1-3H3;1H,(H2,2,3). The maximum Gasteiger partial charge on any atom is 0.271 e. The molecular formula is C26H28N4O2S. The van der Waals surface area contributed by atoms with Gasteiger partial charge in [-0.3, -0.25) is 4.79 Å². The van der Waals surface area contributed by atoms with E-state index in [2.05, 4.69) is 30.2 Å². The Kier molecular flexibility index (Phi) is 8.16. The molecule has 1 unspecified atom stereocenters. The number of thiocarbonyl (C=S) groups is 1. The maximum atomic E-state index is 13.3. The summed E-state index contributed by atoms with van der Waals surface area (Å²) in [7, 11) is 3.46. The maximum absolute atomic E-state index is 13.3. The number of nitrogens with one attached hydrogen (secondary N) is 1. The predicted molar refractivity (Wildman–Crippen MR) is 140 cm³/mol. The summed E-state index contributed by atoms with van der Waals surface area (Å²) in [6, 6.07) is 23.7. The Morgan fingerprint density at radius 3 is 2.45 bits per heavy atom. The van der Waals surface area contributed by atoms with E-state index < -0.39 is 6.17 Å². The van der Waals surface area contributed by atoms with Crippen LogP contribution in [-0.4, -0.2) is 37.4 Å². The number of hydrogen-bond donors (Lipinski definition) is 2.